The van der Waals surface area contributed by atoms with Crippen LogP contribution < -0.4 is 10.6 Å². The summed E-state index contributed by atoms with van der Waals surface area (Å²) in [4.78, 5) is 43.8. The molecule has 2 aliphatic rings. The summed E-state index contributed by atoms with van der Waals surface area (Å²) in [7, 11) is 0. The van der Waals surface area contributed by atoms with E-state index in [4.69, 9.17) is 0 Å². The summed E-state index contributed by atoms with van der Waals surface area (Å²) >= 11 is 3.25. The monoisotopic (exact) mass is 619 g/mol. The Morgan fingerprint density at radius 2 is 1.74 bits per heavy atom. The van der Waals surface area contributed by atoms with Gasteiger partial charge in [0.2, 0.25) is 5.91 Å². The summed E-state index contributed by atoms with van der Waals surface area (Å²) in [6, 6.07) is 20.0. The zero-order chi connectivity index (χ0) is 30.7. The van der Waals surface area contributed by atoms with Gasteiger partial charge in [-0.25, -0.2) is 0 Å². The quantitative estimate of drug-likeness (QED) is 0.295. The molecule has 10 heteroatoms. The van der Waals surface area contributed by atoms with Crippen LogP contribution in [0.2, 0.25) is 0 Å². The molecule has 2 heterocycles. The van der Waals surface area contributed by atoms with Gasteiger partial charge in [-0.15, -0.1) is 23.5 Å². The minimum atomic E-state index is -1.61. The number of aliphatic hydroxyl groups excluding tert-OH is 1. The predicted octanol–water partition coefficient (Wildman–Crippen LogP) is 4.44. The second-order valence-electron chi connectivity index (χ2n) is 11.5. The van der Waals surface area contributed by atoms with Gasteiger partial charge in [-0.3, -0.25) is 14.4 Å². The van der Waals surface area contributed by atoms with Crippen molar-refractivity contribution in [2.45, 2.75) is 67.5 Å². The number of phenolic OH excluding ortho intramolecular Hbond substituents is 1. The molecular weight excluding hydrogens is 583 g/mol. The summed E-state index contributed by atoms with van der Waals surface area (Å²) in [5.74, 6) is -0.303. The Morgan fingerprint density at radius 3 is 2.51 bits per heavy atom. The van der Waals surface area contributed by atoms with Crippen LogP contribution in [-0.4, -0.2) is 67.4 Å². The van der Waals surface area contributed by atoms with Gasteiger partial charge in [0.15, 0.2) is 6.10 Å². The molecule has 3 amide bonds. The molecule has 1 saturated heterocycles. The first-order valence-electron chi connectivity index (χ1n) is 14.3. The summed E-state index contributed by atoms with van der Waals surface area (Å²) in [6.07, 6.45) is -0.641. The summed E-state index contributed by atoms with van der Waals surface area (Å²) < 4.78 is -0.598. The second kappa shape index (κ2) is 13.0. The fourth-order valence-electron chi connectivity index (χ4n) is 5.72. The number of amides is 3. The topological polar surface area (TPSA) is 119 Å². The summed E-state index contributed by atoms with van der Waals surface area (Å²) in [5, 5.41) is 27.7. The molecule has 4 atom stereocenters. The number of aliphatic hydroxyl groups is 1. The normalized spacial score (nSPS) is 20.5. The van der Waals surface area contributed by atoms with E-state index in [2.05, 4.69) is 16.7 Å². The molecule has 226 valence electrons. The van der Waals surface area contributed by atoms with Crippen molar-refractivity contribution in [1.29, 1.82) is 0 Å². The lowest BCUT2D eigenvalue weighted by molar-refractivity contribution is -0.147. The van der Waals surface area contributed by atoms with Crippen LogP contribution in [0.5, 0.6) is 5.75 Å². The van der Waals surface area contributed by atoms with E-state index in [1.54, 1.807) is 30.8 Å². The highest BCUT2D eigenvalue weighted by atomic mass is 32.2. The minimum Gasteiger partial charge on any atom is -0.508 e. The molecule has 0 bridgehead atoms. The Hall–Kier alpha value is -3.47. The molecular formula is C33H37N3O5S2. The first-order valence-corrected chi connectivity index (χ1v) is 16.3. The third-order valence-electron chi connectivity index (χ3n) is 8.15. The molecule has 0 unspecified atom stereocenters. The number of thioether (sulfide) groups is 2. The van der Waals surface area contributed by atoms with E-state index in [1.807, 2.05) is 62.4 Å². The van der Waals surface area contributed by atoms with Crippen molar-refractivity contribution in [2.24, 2.45) is 0 Å². The fourth-order valence-corrected chi connectivity index (χ4v) is 7.99. The van der Waals surface area contributed by atoms with Crippen molar-refractivity contribution in [3.8, 4) is 5.75 Å². The molecule has 3 aromatic rings. The van der Waals surface area contributed by atoms with Gasteiger partial charge in [0.05, 0.1) is 18.0 Å². The fraction of sp³-hybridized carbons (Fsp3) is 0.364. The van der Waals surface area contributed by atoms with Crippen molar-refractivity contribution in [3.05, 3.63) is 95.1 Å². The van der Waals surface area contributed by atoms with Crippen LogP contribution in [0.15, 0.2) is 77.7 Å². The predicted molar refractivity (Wildman–Crippen MR) is 170 cm³/mol. The Bertz CT molecular complexity index is 1500. The van der Waals surface area contributed by atoms with Crippen LogP contribution in [0, 0.1) is 6.92 Å². The standard InChI is InChI=1S/C33H37N3O5S2/c1-20-22(13-9-14-26(20)37)30(39)35-25(18-21-10-5-4-6-11-21)28(38)32(41)36-19-43-33(2,3)29(36)31(40)34-24-16-17-42-27-15-8-7-12-23(24)27/h4-15,24-25,28-29,37-38H,16-19H2,1-3H3,(H,34,40)(H,35,39)/t24-,25-,28-,29+/m0/s1. The molecule has 0 spiro atoms. The highest BCUT2D eigenvalue weighted by Gasteiger charge is 2.50. The van der Waals surface area contributed by atoms with Gasteiger partial charge in [-0.2, -0.15) is 0 Å². The number of benzene rings is 3. The lowest BCUT2D eigenvalue weighted by Gasteiger charge is -2.35. The van der Waals surface area contributed by atoms with Crippen LogP contribution in [0.1, 0.15) is 53.4 Å². The summed E-state index contributed by atoms with van der Waals surface area (Å²) in [5.41, 5.74) is 2.54. The maximum Gasteiger partial charge on any atom is 0.254 e. The number of hydrogen-bond donors (Lipinski definition) is 4. The second-order valence-corrected chi connectivity index (χ2v) is 14.2. The van der Waals surface area contributed by atoms with Crippen molar-refractivity contribution in [2.75, 3.05) is 11.6 Å². The smallest absolute Gasteiger partial charge is 0.254 e. The Labute approximate surface area is 260 Å². The van der Waals surface area contributed by atoms with Crippen LogP contribution in [0.25, 0.3) is 0 Å². The van der Waals surface area contributed by atoms with Crippen molar-refractivity contribution in [1.82, 2.24) is 15.5 Å². The molecule has 43 heavy (non-hydrogen) atoms. The maximum absolute atomic E-state index is 14.0. The molecule has 0 aromatic heterocycles. The van der Waals surface area contributed by atoms with Crippen LogP contribution >= 0.6 is 23.5 Å². The third kappa shape index (κ3) is 6.71. The number of fused-ring (bicyclic) bond motifs is 1. The zero-order valence-corrected chi connectivity index (χ0v) is 26.1. The molecule has 5 rings (SSSR count). The molecule has 3 aromatic carbocycles. The molecule has 1 fully saturated rings. The summed E-state index contributed by atoms with van der Waals surface area (Å²) in [6.45, 7) is 5.49. The molecule has 0 radical (unpaired) electrons. The number of carbonyl (C=O) groups excluding carboxylic acids is 3. The highest BCUT2D eigenvalue weighted by molar-refractivity contribution is 8.01. The van der Waals surface area contributed by atoms with Crippen molar-refractivity contribution >= 4 is 41.2 Å². The lowest BCUT2D eigenvalue weighted by Crippen LogP contribution is -2.59. The lowest BCUT2D eigenvalue weighted by atomic mass is 9.96. The number of phenols is 1. The first kappa shape index (κ1) is 31.0. The Balaban J connectivity index is 1.38. The average molecular weight is 620 g/mol. The van der Waals surface area contributed by atoms with Crippen LogP contribution in [0.3, 0.4) is 0 Å². The first-order chi connectivity index (χ1) is 20.6. The van der Waals surface area contributed by atoms with Gasteiger partial charge in [0.25, 0.3) is 11.8 Å². The van der Waals surface area contributed by atoms with Gasteiger partial charge in [-0.05, 0) is 62.9 Å². The SMILES string of the molecule is Cc1c(O)cccc1C(=O)N[C@@H](Cc1ccccc1)[C@H](O)C(=O)N1CSC(C)(C)[C@H]1C(=O)N[C@H]1CCSc2ccccc21. The number of rotatable bonds is 8. The van der Waals surface area contributed by atoms with E-state index in [-0.39, 0.29) is 35.6 Å². The van der Waals surface area contributed by atoms with Gasteiger partial charge in [0, 0.05) is 26.5 Å². The van der Waals surface area contributed by atoms with Crippen LogP contribution in [-0.2, 0) is 16.0 Å². The Morgan fingerprint density at radius 1 is 1.02 bits per heavy atom. The highest BCUT2D eigenvalue weighted by Crippen LogP contribution is 2.41. The minimum absolute atomic E-state index is 0.0201. The van der Waals surface area contributed by atoms with Gasteiger partial charge >= 0.3 is 0 Å². The maximum atomic E-state index is 14.0. The van der Waals surface area contributed by atoms with E-state index in [0.29, 0.717) is 5.56 Å². The zero-order valence-electron chi connectivity index (χ0n) is 24.4. The number of aromatic hydroxyl groups is 1. The number of hydrogen-bond acceptors (Lipinski definition) is 7. The average Bonchev–Trinajstić information content (AvgIpc) is 3.32. The van der Waals surface area contributed by atoms with E-state index >= 15 is 0 Å². The van der Waals surface area contributed by atoms with E-state index in [1.165, 1.54) is 22.7 Å². The van der Waals surface area contributed by atoms with E-state index in [0.717, 1.165) is 28.2 Å². The van der Waals surface area contributed by atoms with Gasteiger partial charge < -0.3 is 25.7 Å². The molecule has 8 nitrogen and oxygen atoms in total. The molecule has 2 aliphatic heterocycles. The molecule has 0 saturated carbocycles. The number of nitrogens with one attached hydrogen (secondary N) is 2. The number of carbonyl (C=O) groups is 3. The molecule has 4 N–H and O–H groups in total. The van der Waals surface area contributed by atoms with Crippen LogP contribution in [0.4, 0.5) is 0 Å². The third-order valence-corrected chi connectivity index (χ3v) is 10.6. The van der Waals surface area contributed by atoms with E-state index < -0.39 is 34.7 Å². The van der Waals surface area contributed by atoms with Crippen molar-refractivity contribution < 1.29 is 24.6 Å². The van der Waals surface area contributed by atoms with Crippen molar-refractivity contribution in [3.63, 3.8) is 0 Å². The number of nitrogens with zero attached hydrogens (tertiary/aromatic N) is 1. The largest absolute Gasteiger partial charge is 0.508 e. The van der Waals surface area contributed by atoms with Gasteiger partial charge in [-0.1, -0.05) is 54.6 Å². The molecule has 0 aliphatic carbocycles. The van der Waals surface area contributed by atoms with E-state index in [9.17, 15) is 24.6 Å². The van der Waals surface area contributed by atoms with Gasteiger partial charge in [0.1, 0.15) is 11.8 Å². The Kier molecular flexibility index (Phi) is 9.39.